The minimum Gasteiger partial charge on any atom is -0.350 e. The zero-order chi connectivity index (χ0) is 11.6. The molecule has 0 radical (unpaired) electrons. The highest BCUT2D eigenvalue weighted by Gasteiger charge is 2.53. The maximum absolute atomic E-state index is 11.6. The van der Waals surface area contributed by atoms with Gasteiger partial charge in [-0.25, -0.2) is 10.2 Å². The summed E-state index contributed by atoms with van der Waals surface area (Å²) in [5.41, 5.74) is 2.00. The summed E-state index contributed by atoms with van der Waals surface area (Å²) >= 11 is 0. The predicted molar refractivity (Wildman–Crippen MR) is 32.3 cm³/mol. The largest absolute Gasteiger partial charge is 0.440 e. The molecule has 14 heavy (non-hydrogen) atoms. The first kappa shape index (κ1) is 12.5. The van der Waals surface area contributed by atoms with E-state index in [9.17, 15) is 31.1 Å². The van der Waals surface area contributed by atoms with Crippen molar-refractivity contribution < 1.29 is 31.1 Å². The molecular weight excluding hydrogens is 220 g/mol. The molecule has 0 fully saturated rings. The molecule has 0 aliphatic carbocycles. The molecule has 0 unspecified atom stereocenters. The second-order valence-corrected chi connectivity index (χ2v) is 1.93. The minimum atomic E-state index is -5.71. The molecule has 3 N–H and O–H groups in total. The number of carbonyl (C=O) groups excluding carboxylic acids is 1. The zero-order valence-electron chi connectivity index (χ0n) is 6.20. The van der Waals surface area contributed by atoms with Crippen LogP contribution in [0.4, 0.5) is 31.1 Å². The number of halogens is 6. The van der Waals surface area contributed by atoms with Crippen LogP contribution in [0.1, 0.15) is 0 Å². The Bertz CT molecular complexity index is 237. The molecule has 10 heteroatoms. The van der Waals surface area contributed by atoms with Crippen LogP contribution in [0.15, 0.2) is 5.10 Å². The van der Waals surface area contributed by atoms with Crippen molar-refractivity contribution >= 4 is 11.7 Å². The predicted octanol–water partition coefficient (Wildman–Crippen LogP) is 1.14. The van der Waals surface area contributed by atoms with Gasteiger partial charge in [0.25, 0.3) is 0 Å². The van der Waals surface area contributed by atoms with Gasteiger partial charge in [0.2, 0.25) is 5.71 Å². The van der Waals surface area contributed by atoms with Gasteiger partial charge in [-0.05, 0) is 0 Å². The lowest BCUT2D eigenvalue weighted by Gasteiger charge is -2.12. The standard InChI is InChI=1S/C4H3F6N3O/c5-3(6,7)1(4(8,9)10)12-13-2(11)14/h(H3,11,13,14). The normalized spacial score (nSPS) is 12.1. The van der Waals surface area contributed by atoms with Gasteiger partial charge in [0.15, 0.2) is 0 Å². The summed E-state index contributed by atoms with van der Waals surface area (Å²) in [5.74, 6) is 0. The number of primary amides is 1. The molecule has 0 aromatic rings. The smallest absolute Gasteiger partial charge is 0.350 e. The average Bonchev–Trinajstić information content (AvgIpc) is 1.78. The Morgan fingerprint density at radius 2 is 1.43 bits per heavy atom. The summed E-state index contributed by atoms with van der Waals surface area (Å²) in [6.07, 6.45) is -11.4. The van der Waals surface area contributed by atoms with E-state index in [-0.39, 0.29) is 0 Å². The van der Waals surface area contributed by atoms with Crippen LogP contribution in [0, 0.1) is 0 Å². The fraction of sp³-hybridized carbons (Fsp3) is 0.500. The molecule has 0 saturated heterocycles. The number of nitrogens with two attached hydrogens (primary N) is 1. The van der Waals surface area contributed by atoms with Gasteiger partial charge in [-0.3, -0.25) is 0 Å². The Morgan fingerprint density at radius 3 is 1.64 bits per heavy atom. The Balaban J connectivity index is 4.93. The van der Waals surface area contributed by atoms with E-state index in [1.165, 1.54) is 0 Å². The highest BCUT2D eigenvalue weighted by Crippen LogP contribution is 2.29. The van der Waals surface area contributed by atoms with E-state index in [0.717, 1.165) is 5.43 Å². The lowest BCUT2D eigenvalue weighted by Crippen LogP contribution is -2.40. The van der Waals surface area contributed by atoms with Crippen LogP contribution >= 0.6 is 0 Å². The third-order valence-electron chi connectivity index (χ3n) is 0.815. The second-order valence-electron chi connectivity index (χ2n) is 1.93. The topological polar surface area (TPSA) is 67.5 Å². The summed E-state index contributed by atoms with van der Waals surface area (Å²) in [4.78, 5) is 9.83. The fourth-order valence-electron chi connectivity index (χ4n) is 0.398. The van der Waals surface area contributed by atoms with Crippen molar-refractivity contribution in [3.63, 3.8) is 0 Å². The van der Waals surface area contributed by atoms with E-state index >= 15 is 0 Å². The molecule has 0 bridgehead atoms. The molecule has 0 aliphatic rings. The zero-order valence-corrected chi connectivity index (χ0v) is 6.20. The van der Waals surface area contributed by atoms with Crippen LogP contribution in [0.2, 0.25) is 0 Å². The molecule has 4 nitrogen and oxygen atoms in total. The molecule has 0 aliphatic heterocycles. The molecule has 82 valence electrons. The number of carbonyl (C=O) groups is 1. The minimum absolute atomic E-state index is 0.846. The van der Waals surface area contributed by atoms with Gasteiger partial charge in [-0.1, -0.05) is 0 Å². The molecule has 0 heterocycles. The van der Waals surface area contributed by atoms with Crippen LogP contribution in [-0.2, 0) is 0 Å². The van der Waals surface area contributed by atoms with Crippen LogP contribution in [0.5, 0.6) is 0 Å². The maximum Gasteiger partial charge on any atom is 0.440 e. The van der Waals surface area contributed by atoms with E-state index in [1.54, 1.807) is 0 Å². The van der Waals surface area contributed by atoms with Crippen LogP contribution in [0.3, 0.4) is 0 Å². The lowest BCUT2D eigenvalue weighted by atomic mass is 10.3. The highest BCUT2D eigenvalue weighted by molar-refractivity contribution is 5.95. The maximum atomic E-state index is 11.6. The first-order valence-electron chi connectivity index (χ1n) is 2.82. The van der Waals surface area contributed by atoms with Crippen molar-refractivity contribution in [1.29, 1.82) is 0 Å². The van der Waals surface area contributed by atoms with Crippen LogP contribution in [0.25, 0.3) is 0 Å². The van der Waals surface area contributed by atoms with Gasteiger partial charge in [-0.2, -0.15) is 31.4 Å². The third kappa shape index (κ3) is 3.96. The number of alkyl halides is 6. The second kappa shape index (κ2) is 3.72. The van der Waals surface area contributed by atoms with Crippen LogP contribution < -0.4 is 11.2 Å². The molecule has 0 saturated carbocycles. The number of rotatable bonds is 1. The number of amides is 2. The van der Waals surface area contributed by atoms with Gasteiger partial charge in [0.05, 0.1) is 0 Å². The van der Waals surface area contributed by atoms with Gasteiger partial charge in [0, 0.05) is 0 Å². The Kier molecular flexibility index (Phi) is 3.32. The summed E-state index contributed by atoms with van der Waals surface area (Å²) < 4.78 is 69.7. The van der Waals surface area contributed by atoms with Crippen molar-refractivity contribution in [3.8, 4) is 0 Å². The average molecular weight is 223 g/mol. The SMILES string of the molecule is NC(=O)NN=C(C(F)(F)F)C(F)(F)F. The number of nitrogens with zero attached hydrogens (tertiary/aromatic N) is 1. The van der Waals surface area contributed by atoms with Crippen molar-refractivity contribution in [2.45, 2.75) is 12.4 Å². The van der Waals surface area contributed by atoms with E-state index in [2.05, 4.69) is 5.73 Å². The molecule has 0 rings (SSSR count). The van der Waals surface area contributed by atoms with E-state index in [4.69, 9.17) is 0 Å². The Morgan fingerprint density at radius 1 is 1.07 bits per heavy atom. The summed E-state index contributed by atoms with van der Waals surface area (Å²) in [5, 5.41) is 1.81. The molecule has 2 amide bonds. The number of hydrazone groups is 1. The van der Waals surface area contributed by atoms with Crippen molar-refractivity contribution in [2.75, 3.05) is 0 Å². The highest BCUT2D eigenvalue weighted by atomic mass is 19.4. The first-order valence-corrected chi connectivity index (χ1v) is 2.82. The fourth-order valence-corrected chi connectivity index (χ4v) is 0.398. The molecule has 0 aromatic carbocycles. The molecule has 0 aromatic heterocycles. The monoisotopic (exact) mass is 223 g/mol. The van der Waals surface area contributed by atoms with Crippen molar-refractivity contribution in [3.05, 3.63) is 0 Å². The summed E-state index contributed by atoms with van der Waals surface area (Å²) in [6, 6.07) is -1.63. The number of nitrogens with one attached hydrogen (secondary N) is 1. The number of hydrogen-bond donors (Lipinski definition) is 2. The first-order chi connectivity index (χ1) is 6.05. The van der Waals surface area contributed by atoms with Crippen molar-refractivity contribution in [2.24, 2.45) is 10.8 Å². The van der Waals surface area contributed by atoms with Crippen LogP contribution in [-0.4, -0.2) is 24.1 Å². The number of hydrogen-bond acceptors (Lipinski definition) is 2. The molecular formula is C4H3F6N3O. The van der Waals surface area contributed by atoms with Crippen molar-refractivity contribution in [1.82, 2.24) is 5.43 Å². The van der Waals surface area contributed by atoms with Gasteiger partial charge in [0.1, 0.15) is 0 Å². The lowest BCUT2D eigenvalue weighted by molar-refractivity contribution is -0.118. The molecule has 0 atom stereocenters. The summed E-state index contributed by atoms with van der Waals surface area (Å²) in [6.45, 7) is 0. The number of urea groups is 1. The van der Waals surface area contributed by atoms with Gasteiger partial charge in [-0.15, -0.1) is 0 Å². The van der Waals surface area contributed by atoms with Gasteiger partial charge >= 0.3 is 18.4 Å². The quantitative estimate of drug-likeness (QED) is 0.390. The third-order valence-corrected chi connectivity index (χ3v) is 0.815. The Hall–Kier alpha value is -1.48. The van der Waals surface area contributed by atoms with Gasteiger partial charge < -0.3 is 5.73 Å². The van der Waals surface area contributed by atoms with E-state index in [1.807, 2.05) is 5.10 Å². The Labute approximate surface area is 72.7 Å². The summed E-state index contributed by atoms with van der Waals surface area (Å²) in [7, 11) is 0. The van der Waals surface area contributed by atoms with E-state index < -0.39 is 24.1 Å². The molecule has 0 spiro atoms. The van der Waals surface area contributed by atoms with E-state index in [0.29, 0.717) is 0 Å².